The Morgan fingerprint density at radius 2 is 0.814 bits per heavy atom. The minimum absolute atomic E-state index is 0.132. The Kier molecular flexibility index (Phi) is 48.3. The van der Waals surface area contributed by atoms with Crippen LogP contribution in [0.5, 0.6) is 0 Å². The maximum atomic E-state index is 12.8. The summed E-state index contributed by atoms with van der Waals surface area (Å²) in [6.07, 6.45) is 67.0. The highest BCUT2D eigenvalue weighted by molar-refractivity contribution is 5.70. The topological polar surface area (TPSA) is 111 Å². The molecule has 70 heavy (non-hydrogen) atoms. The minimum atomic E-state index is -1.64. The molecular formula is C61H101NO8. The molecule has 0 aromatic rings. The van der Waals surface area contributed by atoms with E-state index >= 15 is 0 Å². The molecule has 0 spiro atoms. The summed E-state index contributed by atoms with van der Waals surface area (Å²) in [4.78, 5) is 37.2. The molecule has 0 saturated carbocycles. The van der Waals surface area contributed by atoms with Crippen LogP contribution in [0.2, 0.25) is 0 Å². The van der Waals surface area contributed by atoms with Gasteiger partial charge in [-0.25, -0.2) is 0 Å². The normalized spacial score (nSPS) is 13.7. The summed E-state index contributed by atoms with van der Waals surface area (Å²) in [5.74, 6) is -2.36. The van der Waals surface area contributed by atoms with E-state index in [0.29, 0.717) is 17.4 Å². The lowest BCUT2D eigenvalue weighted by molar-refractivity contribution is -0.870. The van der Waals surface area contributed by atoms with Crippen LogP contribution in [-0.2, 0) is 33.3 Å². The average Bonchev–Trinajstić information content (AvgIpc) is 3.33. The van der Waals surface area contributed by atoms with Gasteiger partial charge in [-0.2, -0.15) is 0 Å². The van der Waals surface area contributed by atoms with Crippen LogP contribution in [0.3, 0.4) is 0 Å². The zero-order chi connectivity index (χ0) is 51.3. The van der Waals surface area contributed by atoms with Crippen molar-refractivity contribution >= 4 is 17.9 Å². The number of hydrogen-bond donors (Lipinski definition) is 0. The van der Waals surface area contributed by atoms with E-state index in [9.17, 15) is 19.5 Å². The lowest BCUT2D eigenvalue weighted by Crippen LogP contribution is -2.44. The summed E-state index contributed by atoms with van der Waals surface area (Å²) in [6.45, 7) is 4.56. The molecule has 0 fully saturated rings. The van der Waals surface area contributed by atoms with Gasteiger partial charge in [0.15, 0.2) is 12.4 Å². The molecule has 2 atom stereocenters. The van der Waals surface area contributed by atoms with Crippen molar-refractivity contribution in [1.82, 2.24) is 0 Å². The standard InChI is InChI=1S/C61H101NO8/c1-6-8-10-12-14-16-18-20-22-24-26-27-28-29-30-31-32-33-34-36-38-40-42-44-46-48-50-52-59(64)70-57(56-69-61(60(65)66)67-54-53-62(3,4)5)55-68-58(63)51-49-47-45-43-41-39-37-35-25-23-21-19-17-15-13-11-9-7-2/h8,10,14,16,20,22-23,25-27,29-30,32-33,36,38,42,44,57,61H,6-7,9,11-13,15,17-19,21,24,28,31,34-35,37,39-41,43,45-56H2,1-5H3/b10-8-,16-14-,22-20-,25-23-,27-26-,30-29-,33-32-,38-36-,44-42-. The number of carbonyl (C=O) groups is 3. The molecule has 398 valence electrons. The van der Waals surface area contributed by atoms with Gasteiger partial charge in [0.2, 0.25) is 0 Å². The van der Waals surface area contributed by atoms with E-state index < -0.39 is 24.3 Å². The third-order valence-corrected chi connectivity index (χ3v) is 11.3. The Morgan fingerprint density at radius 1 is 0.443 bits per heavy atom. The second kappa shape index (κ2) is 51.3. The van der Waals surface area contributed by atoms with Gasteiger partial charge in [-0.15, -0.1) is 0 Å². The lowest BCUT2D eigenvalue weighted by atomic mass is 10.1. The van der Waals surface area contributed by atoms with Crippen molar-refractivity contribution in [2.45, 2.75) is 212 Å². The Hall–Kier alpha value is -4.05. The molecule has 0 saturated heterocycles. The van der Waals surface area contributed by atoms with Crippen LogP contribution < -0.4 is 5.11 Å². The number of quaternary nitrogens is 1. The fraction of sp³-hybridized carbons (Fsp3) is 0.656. The van der Waals surface area contributed by atoms with Gasteiger partial charge in [-0.3, -0.25) is 9.59 Å². The van der Waals surface area contributed by atoms with Gasteiger partial charge in [-0.1, -0.05) is 194 Å². The van der Waals surface area contributed by atoms with Crippen LogP contribution in [0, 0.1) is 0 Å². The van der Waals surface area contributed by atoms with Crippen molar-refractivity contribution in [2.75, 3.05) is 47.5 Å². The van der Waals surface area contributed by atoms with Gasteiger partial charge in [0, 0.05) is 12.8 Å². The van der Waals surface area contributed by atoms with Crippen molar-refractivity contribution < 1.29 is 42.9 Å². The highest BCUT2D eigenvalue weighted by Crippen LogP contribution is 2.13. The molecule has 0 aromatic carbocycles. The van der Waals surface area contributed by atoms with E-state index in [1.807, 2.05) is 21.1 Å². The third kappa shape index (κ3) is 51.8. The molecular weight excluding hydrogens is 875 g/mol. The lowest BCUT2D eigenvalue weighted by Gasteiger charge is -2.26. The van der Waals surface area contributed by atoms with Gasteiger partial charge in [0.05, 0.1) is 40.3 Å². The number of likely N-dealkylation sites (N-methyl/N-ethyl adjacent to an activating group) is 1. The number of allylic oxidation sites excluding steroid dienone is 18. The highest BCUT2D eigenvalue weighted by atomic mass is 16.7. The summed E-state index contributed by atoms with van der Waals surface area (Å²) in [6, 6.07) is 0. The number of rotatable bonds is 49. The largest absolute Gasteiger partial charge is 0.545 e. The SMILES string of the molecule is CC/C=C\C/C=C\C/C=C\C/C=C\C/C=C\C/C=C\C/C=C\C/C=C\CCCCC(=O)OC(COC(=O)CCCCCCCCC/C=C\CCCCCCCCC)COC(OCC[N+](C)(C)C)C(=O)[O-]. The number of esters is 2. The molecule has 0 bridgehead atoms. The zero-order valence-corrected chi connectivity index (χ0v) is 45.1. The number of aliphatic carboxylic acids is 1. The Morgan fingerprint density at radius 3 is 1.26 bits per heavy atom. The predicted octanol–water partition coefficient (Wildman–Crippen LogP) is 14.6. The monoisotopic (exact) mass is 976 g/mol. The quantitative estimate of drug-likeness (QED) is 0.0195. The van der Waals surface area contributed by atoms with E-state index in [1.165, 1.54) is 70.6 Å². The van der Waals surface area contributed by atoms with E-state index in [0.717, 1.165) is 96.3 Å². The maximum absolute atomic E-state index is 12.8. The van der Waals surface area contributed by atoms with Crippen LogP contribution in [0.4, 0.5) is 0 Å². The molecule has 0 aliphatic carbocycles. The van der Waals surface area contributed by atoms with Gasteiger partial charge in [0.25, 0.3) is 0 Å². The number of hydrogen-bond acceptors (Lipinski definition) is 8. The second-order valence-corrected chi connectivity index (χ2v) is 19.1. The Balaban J connectivity index is 4.43. The molecule has 2 unspecified atom stereocenters. The number of carboxylic acids is 1. The molecule has 9 nitrogen and oxygen atoms in total. The molecule has 0 N–H and O–H groups in total. The first-order valence-corrected chi connectivity index (χ1v) is 27.5. The highest BCUT2D eigenvalue weighted by Gasteiger charge is 2.21. The van der Waals surface area contributed by atoms with E-state index in [1.54, 1.807) is 0 Å². The summed E-state index contributed by atoms with van der Waals surface area (Å²) in [5.41, 5.74) is 0. The number of unbranched alkanes of at least 4 members (excludes halogenated alkanes) is 16. The Bertz CT molecular complexity index is 1510. The number of nitrogens with zero attached hydrogens (tertiary/aromatic N) is 1. The first kappa shape index (κ1) is 66.0. The van der Waals surface area contributed by atoms with Crippen molar-refractivity contribution in [3.05, 3.63) is 109 Å². The summed E-state index contributed by atoms with van der Waals surface area (Å²) in [5, 5.41) is 11.8. The Labute approximate surface area is 428 Å². The summed E-state index contributed by atoms with van der Waals surface area (Å²) in [7, 11) is 5.89. The van der Waals surface area contributed by atoms with Crippen molar-refractivity contribution in [1.29, 1.82) is 0 Å². The van der Waals surface area contributed by atoms with Gasteiger partial charge in [0.1, 0.15) is 13.2 Å². The fourth-order valence-corrected chi connectivity index (χ4v) is 7.02. The molecule has 0 heterocycles. The molecule has 0 rings (SSSR count). The number of ether oxygens (including phenoxy) is 4. The van der Waals surface area contributed by atoms with Crippen LogP contribution in [0.25, 0.3) is 0 Å². The predicted molar refractivity (Wildman–Crippen MR) is 292 cm³/mol. The van der Waals surface area contributed by atoms with Gasteiger partial charge in [-0.05, 0) is 103 Å². The van der Waals surface area contributed by atoms with E-state index in [4.69, 9.17) is 18.9 Å². The fourth-order valence-electron chi connectivity index (χ4n) is 7.02. The van der Waals surface area contributed by atoms with Gasteiger partial charge < -0.3 is 33.3 Å². The van der Waals surface area contributed by atoms with E-state index in [2.05, 4.69) is 123 Å². The van der Waals surface area contributed by atoms with Crippen molar-refractivity contribution in [3.8, 4) is 0 Å². The van der Waals surface area contributed by atoms with Gasteiger partial charge >= 0.3 is 11.9 Å². The van der Waals surface area contributed by atoms with Crippen LogP contribution >= 0.6 is 0 Å². The second-order valence-electron chi connectivity index (χ2n) is 19.1. The molecule has 0 radical (unpaired) electrons. The maximum Gasteiger partial charge on any atom is 0.306 e. The summed E-state index contributed by atoms with van der Waals surface area (Å²) >= 11 is 0. The molecule has 0 aliphatic heterocycles. The molecule has 0 aliphatic rings. The first-order chi connectivity index (χ1) is 34.1. The minimum Gasteiger partial charge on any atom is -0.545 e. The number of carbonyl (C=O) groups excluding carboxylic acids is 3. The zero-order valence-electron chi connectivity index (χ0n) is 45.1. The number of carboxylic acid groups (broad SMARTS) is 1. The molecule has 9 heteroatoms. The van der Waals surface area contributed by atoms with E-state index in [-0.39, 0.29) is 38.6 Å². The molecule has 0 aromatic heterocycles. The summed E-state index contributed by atoms with van der Waals surface area (Å²) < 4.78 is 22.6. The first-order valence-electron chi connectivity index (χ1n) is 27.5. The van der Waals surface area contributed by atoms with Crippen molar-refractivity contribution in [2.24, 2.45) is 0 Å². The third-order valence-electron chi connectivity index (χ3n) is 11.3. The molecule has 0 amide bonds. The smallest absolute Gasteiger partial charge is 0.306 e. The van der Waals surface area contributed by atoms with Crippen molar-refractivity contribution in [3.63, 3.8) is 0 Å². The van der Waals surface area contributed by atoms with Crippen LogP contribution in [0.15, 0.2) is 109 Å². The van der Waals surface area contributed by atoms with Crippen LogP contribution in [-0.4, -0.2) is 82.3 Å². The van der Waals surface area contributed by atoms with Crippen LogP contribution in [0.1, 0.15) is 200 Å². The average molecular weight is 976 g/mol.